The van der Waals surface area contributed by atoms with Crippen LogP contribution in [0.5, 0.6) is 5.75 Å². The number of alkyl halides is 1. The van der Waals surface area contributed by atoms with Crippen LogP contribution in [0.3, 0.4) is 0 Å². The van der Waals surface area contributed by atoms with E-state index in [-0.39, 0.29) is 11.0 Å². The summed E-state index contributed by atoms with van der Waals surface area (Å²) < 4.78 is 5.96. The molecule has 0 fully saturated rings. The topological polar surface area (TPSA) is 9.23 Å². The SMILES string of the molecule is Cc1cc2c(c(C)c1Cl)C(Cl)CC(C)(C)O2. The van der Waals surface area contributed by atoms with Gasteiger partial charge in [0.1, 0.15) is 11.4 Å². The van der Waals surface area contributed by atoms with Crippen LogP contribution in [-0.2, 0) is 0 Å². The molecule has 1 aliphatic rings. The Kier molecular flexibility index (Phi) is 2.88. The fourth-order valence-electron chi connectivity index (χ4n) is 2.28. The minimum atomic E-state index is -0.202. The lowest BCUT2D eigenvalue weighted by Gasteiger charge is -2.36. The number of hydrogen-bond donors (Lipinski definition) is 0. The van der Waals surface area contributed by atoms with Crippen molar-refractivity contribution in [2.45, 2.75) is 45.1 Å². The van der Waals surface area contributed by atoms with Gasteiger partial charge in [-0.1, -0.05) is 11.6 Å². The normalized spacial score (nSPS) is 22.5. The lowest BCUT2D eigenvalue weighted by atomic mass is 9.90. The lowest BCUT2D eigenvalue weighted by Crippen LogP contribution is -2.34. The van der Waals surface area contributed by atoms with Crippen LogP contribution in [0, 0.1) is 13.8 Å². The van der Waals surface area contributed by atoms with Gasteiger partial charge in [0, 0.05) is 17.0 Å². The molecule has 1 unspecified atom stereocenters. The number of benzene rings is 1. The number of rotatable bonds is 0. The second-order valence-corrected chi connectivity index (χ2v) is 5.98. The maximum atomic E-state index is 6.42. The summed E-state index contributed by atoms with van der Waals surface area (Å²) in [6.45, 7) is 8.12. The third kappa shape index (κ3) is 1.91. The highest BCUT2D eigenvalue weighted by Gasteiger charge is 2.34. The summed E-state index contributed by atoms with van der Waals surface area (Å²) in [5.74, 6) is 0.885. The molecule has 1 aromatic rings. The molecule has 1 heterocycles. The summed E-state index contributed by atoms with van der Waals surface area (Å²) >= 11 is 12.7. The average Bonchev–Trinajstić information content (AvgIpc) is 2.11. The first kappa shape index (κ1) is 12.1. The predicted molar refractivity (Wildman–Crippen MR) is 68.8 cm³/mol. The summed E-state index contributed by atoms with van der Waals surface area (Å²) in [6, 6.07) is 1.99. The van der Waals surface area contributed by atoms with E-state index in [1.54, 1.807) is 0 Å². The van der Waals surface area contributed by atoms with Gasteiger partial charge in [-0.25, -0.2) is 0 Å². The Morgan fingerprint density at radius 3 is 2.62 bits per heavy atom. The number of fused-ring (bicyclic) bond motifs is 1. The number of aryl methyl sites for hydroxylation is 1. The first-order valence-corrected chi connectivity index (χ1v) is 6.26. The van der Waals surface area contributed by atoms with E-state index in [1.807, 2.05) is 19.9 Å². The van der Waals surface area contributed by atoms with Crippen LogP contribution in [0.2, 0.25) is 5.02 Å². The van der Waals surface area contributed by atoms with Crippen LogP contribution in [0.25, 0.3) is 0 Å². The maximum absolute atomic E-state index is 6.42. The molecule has 2 rings (SSSR count). The molecule has 0 bridgehead atoms. The summed E-state index contributed by atoms with van der Waals surface area (Å²) in [5.41, 5.74) is 2.94. The van der Waals surface area contributed by atoms with Crippen molar-refractivity contribution in [3.8, 4) is 5.75 Å². The van der Waals surface area contributed by atoms with E-state index >= 15 is 0 Å². The molecule has 16 heavy (non-hydrogen) atoms. The predicted octanol–water partition coefficient (Wildman–Crippen LogP) is 4.80. The first-order chi connectivity index (χ1) is 7.32. The van der Waals surface area contributed by atoms with Crippen molar-refractivity contribution < 1.29 is 4.74 Å². The van der Waals surface area contributed by atoms with E-state index in [4.69, 9.17) is 27.9 Å². The molecular weight excluding hydrogens is 243 g/mol. The van der Waals surface area contributed by atoms with E-state index in [0.29, 0.717) is 0 Å². The van der Waals surface area contributed by atoms with Crippen molar-refractivity contribution in [3.63, 3.8) is 0 Å². The van der Waals surface area contributed by atoms with Crippen LogP contribution in [0.1, 0.15) is 42.3 Å². The molecule has 1 nitrogen and oxygen atoms in total. The van der Waals surface area contributed by atoms with Gasteiger partial charge in [-0.15, -0.1) is 11.6 Å². The largest absolute Gasteiger partial charge is 0.487 e. The molecule has 88 valence electrons. The van der Waals surface area contributed by atoms with Crippen molar-refractivity contribution in [2.24, 2.45) is 0 Å². The van der Waals surface area contributed by atoms with Crippen LogP contribution < -0.4 is 4.74 Å². The molecular formula is C13H16Cl2O. The molecule has 0 amide bonds. The Bertz CT molecular complexity index is 438. The summed E-state index contributed by atoms with van der Waals surface area (Å²) in [6.07, 6.45) is 0.807. The third-order valence-corrected chi connectivity index (χ3v) is 4.02. The Labute approximate surface area is 107 Å². The van der Waals surface area contributed by atoms with Gasteiger partial charge in [0.2, 0.25) is 0 Å². The molecule has 0 aromatic heterocycles. The Morgan fingerprint density at radius 1 is 1.38 bits per heavy atom. The summed E-state index contributed by atoms with van der Waals surface area (Å²) in [4.78, 5) is 0. The fourth-order valence-corrected chi connectivity index (χ4v) is 3.08. The Hall–Kier alpha value is -0.400. The van der Waals surface area contributed by atoms with Gasteiger partial charge >= 0.3 is 0 Å². The zero-order valence-electron chi connectivity index (χ0n) is 10.0. The fraction of sp³-hybridized carbons (Fsp3) is 0.538. The maximum Gasteiger partial charge on any atom is 0.125 e. The first-order valence-electron chi connectivity index (χ1n) is 5.44. The second kappa shape index (κ2) is 3.82. The van der Waals surface area contributed by atoms with Crippen LogP contribution in [0.15, 0.2) is 6.07 Å². The highest BCUT2D eigenvalue weighted by Crippen LogP contribution is 2.46. The van der Waals surface area contributed by atoms with Crippen molar-refractivity contribution in [1.82, 2.24) is 0 Å². The quantitative estimate of drug-likeness (QED) is 0.608. The zero-order valence-corrected chi connectivity index (χ0v) is 11.5. The Morgan fingerprint density at radius 2 is 2.00 bits per heavy atom. The van der Waals surface area contributed by atoms with Gasteiger partial charge in [-0.2, -0.15) is 0 Å². The molecule has 1 atom stereocenters. The number of hydrogen-bond acceptors (Lipinski definition) is 1. The van der Waals surface area contributed by atoms with E-state index in [9.17, 15) is 0 Å². The zero-order chi connectivity index (χ0) is 12.1. The molecule has 0 saturated carbocycles. The van der Waals surface area contributed by atoms with E-state index in [0.717, 1.165) is 33.9 Å². The van der Waals surface area contributed by atoms with Crippen LogP contribution in [-0.4, -0.2) is 5.60 Å². The van der Waals surface area contributed by atoms with Gasteiger partial charge in [0.25, 0.3) is 0 Å². The van der Waals surface area contributed by atoms with Gasteiger partial charge in [-0.05, 0) is 44.9 Å². The monoisotopic (exact) mass is 258 g/mol. The second-order valence-electron chi connectivity index (χ2n) is 5.08. The summed E-state index contributed by atoms with van der Waals surface area (Å²) in [7, 11) is 0. The minimum absolute atomic E-state index is 0.0168. The molecule has 1 aliphatic heterocycles. The molecule has 1 aromatic carbocycles. The molecule has 0 N–H and O–H groups in total. The standard InChI is InChI=1S/C13H16Cl2O/c1-7-5-10-11(8(2)12(7)15)9(14)6-13(3,4)16-10/h5,9H,6H2,1-4H3. The average molecular weight is 259 g/mol. The van der Waals surface area contributed by atoms with Gasteiger partial charge < -0.3 is 4.74 Å². The lowest BCUT2D eigenvalue weighted by molar-refractivity contribution is 0.0822. The highest BCUT2D eigenvalue weighted by atomic mass is 35.5. The van der Waals surface area contributed by atoms with Gasteiger partial charge in [-0.3, -0.25) is 0 Å². The number of ether oxygens (including phenoxy) is 1. The van der Waals surface area contributed by atoms with Crippen molar-refractivity contribution in [2.75, 3.05) is 0 Å². The molecule has 0 radical (unpaired) electrons. The van der Waals surface area contributed by atoms with E-state index in [2.05, 4.69) is 13.8 Å². The van der Waals surface area contributed by atoms with Crippen molar-refractivity contribution in [3.05, 3.63) is 27.8 Å². The van der Waals surface area contributed by atoms with Crippen LogP contribution >= 0.6 is 23.2 Å². The third-order valence-electron chi connectivity index (χ3n) is 3.06. The highest BCUT2D eigenvalue weighted by molar-refractivity contribution is 6.32. The molecule has 0 aliphatic carbocycles. The van der Waals surface area contributed by atoms with Crippen LogP contribution in [0.4, 0.5) is 0 Å². The molecule has 3 heteroatoms. The van der Waals surface area contributed by atoms with E-state index in [1.165, 1.54) is 0 Å². The van der Waals surface area contributed by atoms with Gasteiger partial charge in [0.05, 0.1) is 5.38 Å². The number of halogens is 2. The minimum Gasteiger partial charge on any atom is -0.487 e. The van der Waals surface area contributed by atoms with Crippen molar-refractivity contribution in [1.29, 1.82) is 0 Å². The van der Waals surface area contributed by atoms with Gasteiger partial charge in [0.15, 0.2) is 0 Å². The molecule has 0 saturated heterocycles. The molecule has 0 spiro atoms. The smallest absolute Gasteiger partial charge is 0.125 e. The van der Waals surface area contributed by atoms with E-state index < -0.39 is 0 Å². The summed E-state index contributed by atoms with van der Waals surface area (Å²) in [5, 5.41) is 0.782. The van der Waals surface area contributed by atoms with Crippen molar-refractivity contribution >= 4 is 23.2 Å². The Balaban J connectivity index is 2.61.